The topological polar surface area (TPSA) is 75.4 Å². The standard InChI is InChI=1S/C15H19N3O2S/c1-11-4-9-14(10-15(11)16)21(19,20)17-12-5-7-13(8-6-12)18(2)3/h4-10,17H,16H2,1-3H3. The molecule has 0 amide bonds. The van der Waals surface area contributed by atoms with Crippen molar-refractivity contribution in [1.29, 1.82) is 0 Å². The van der Waals surface area contributed by atoms with Crippen molar-refractivity contribution in [2.75, 3.05) is 29.5 Å². The molecule has 0 aromatic heterocycles. The van der Waals surface area contributed by atoms with Gasteiger partial charge in [-0.3, -0.25) is 4.72 Å². The number of anilines is 3. The molecule has 0 aliphatic heterocycles. The van der Waals surface area contributed by atoms with E-state index in [0.29, 0.717) is 11.4 Å². The molecule has 0 saturated carbocycles. The molecule has 0 atom stereocenters. The zero-order valence-electron chi connectivity index (χ0n) is 12.3. The summed E-state index contributed by atoms with van der Waals surface area (Å²) in [6.45, 7) is 1.83. The monoisotopic (exact) mass is 305 g/mol. The molecule has 21 heavy (non-hydrogen) atoms. The Morgan fingerprint density at radius 2 is 1.67 bits per heavy atom. The molecular weight excluding hydrogens is 286 g/mol. The van der Waals surface area contributed by atoms with E-state index in [-0.39, 0.29) is 4.90 Å². The first-order valence-corrected chi connectivity index (χ1v) is 7.94. The molecule has 112 valence electrons. The second kappa shape index (κ2) is 5.65. The van der Waals surface area contributed by atoms with Gasteiger partial charge in [0.1, 0.15) is 0 Å². The number of aryl methyl sites for hydroxylation is 1. The van der Waals surface area contributed by atoms with Gasteiger partial charge >= 0.3 is 0 Å². The lowest BCUT2D eigenvalue weighted by Crippen LogP contribution is -2.14. The van der Waals surface area contributed by atoms with Crippen molar-refractivity contribution >= 4 is 27.1 Å². The number of sulfonamides is 1. The first-order chi connectivity index (χ1) is 9.79. The van der Waals surface area contributed by atoms with Crippen LogP contribution in [0.25, 0.3) is 0 Å². The third-order valence-corrected chi connectivity index (χ3v) is 4.58. The van der Waals surface area contributed by atoms with Crippen LogP contribution in [0.1, 0.15) is 5.56 Å². The largest absolute Gasteiger partial charge is 0.398 e. The lowest BCUT2D eigenvalue weighted by Gasteiger charge is -2.14. The van der Waals surface area contributed by atoms with Crippen molar-refractivity contribution in [2.24, 2.45) is 0 Å². The van der Waals surface area contributed by atoms with E-state index >= 15 is 0 Å². The first-order valence-electron chi connectivity index (χ1n) is 6.46. The van der Waals surface area contributed by atoms with Crippen molar-refractivity contribution in [2.45, 2.75) is 11.8 Å². The van der Waals surface area contributed by atoms with E-state index in [1.807, 2.05) is 38.1 Å². The van der Waals surface area contributed by atoms with Gasteiger partial charge in [-0.1, -0.05) is 6.07 Å². The van der Waals surface area contributed by atoms with E-state index in [4.69, 9.17) is 5.73 Å². The highest BCUT2D eigenvalue weighted by Gasteiger charge is 2.15. The molecule has 5 nitrogen and oxygen atoms in total. The van der Waals surface area contributed by atoms with Crippen LogP contribution in [0.5, 0.6) is 0 Å². The molecule has 2 rings (SSSR count). The lowest BCUT2D eigenvalue weighted by atomic mass is 10.2. The van der Waals surface area contributed by atoms with Crippen LogP contribution in [-0.2, 0) is 10.0 Å². The number of nitrogens with one attached hydrogen (secondary N) is 1. The number of hydrogen-bond donors (Lipinski definition) is 2. The van der Waals surface area contributed by atoms with Gasteiger partial charge in [0.2, 0.25) is 0 Å². The predicted molar refractivity (Wildman–Crippen MR) is 87.2 cm³/mol. The van der Waals surface area contributed by atoms with E-state index in [0.717, 1.165) is 11.3 Å². The summed E-state index contributed by atoms with van der Waals surface area (Å²) in [5, 5.41) is 0. The summed E-state index contributed by atoms with van der Waals surface area (Å²) in [7, 11) is 0.220. The molecule has 0 saturated heterocycles. The Morgan fingerprint density at radius 1 is 1.05 bits per heavy atom. The molecule has 0 heterocycles. The zero-order valence-corrected chi connectivity index (χ0v) is 13.1. The fraction of sp³-hybridized carbons (Fsp3) is 0.200. The highest BCUT2D eigenvalue weighted by Crippen LogP contribution is 2.22. The van der Waals surface area contributed by atoms with Crippen LogP contribution in [0.3, 0.4) is 0 Å². The molecule has 3 N–H and O–H groups in total. The number of benzene rings is 2. The Bertz CT molecular complexity index is 738. The Morgan fingerprint density at radius 3 is 2.19 bits per heavy atom. The minimum Gasteiger partial charge on any atom is -0.398 e. The van der Waals surface area contributed by atoms with Crippen LogP contribution in [0.15, 0.2) is 47.4 Å². The van der Waals surface area contributed by atoms with E-state index in [1.54, 1.807) is 24.3 Å². The highest BCUT2D eigenvalue weighted by molar-refractivity contribution is 7.92. The maximum atomic E-state index is 12.3. The van der Waals surface area contributed by atoms with Crippen LogP contribution in [0.2, 0.25) is 0 Å². The van der Waals surface area contributed by atoms with Gasteiger partial charge in [-0.2, -0.15) is 0 Å². The Labute approximate surface area is 125 Å². The summed E-state index contributed by atoms with van der Waals surface area (Å²) >= 11 is 0. The molecule has 0 bridgehead atoms. The van der Waals surface area contributed by atoms with Crippen LogP contribution >= 0.6 is 0 Å². The Hall–Kier alpha value is -2.21. The quantitative estimate of drug-likeness (QED) is 0.851. The number of nitrogen functional groups attached to an aromatic ring is 1. The van der Waals surface area contributed by atoms with Crippen molar-refractivity contribution in [3.63, 3.8) is 0 Å². The predicted octanol–water partition coefficient (Wildman–Crippen LogP) is 2.44. The lowest BCUT2D eigenvalue weighted by molar-refractivity contribution is 0.601. The third kappa shape index (κ3) is 3.46. The maximum absolute atomic E-state index is 12.3. The normalized spacial score (nSPS) is 11.2. The highest BCUT2D eigenvalue weighted by atomic mass is 32.2. The molecule has 0 unspecified atom stereocenters. The molecule has 0 aliphatic rings. The molecule has 2 aromatic rings. The van der Waals surface area contributed by atoms with Crippen LogP contribution in [-0.4, -0.2) is 22.5 Å². The summed E-state index contributed by atoms with van der Waals surface area (Å²) in [5.74, 6) is 0. The second-order valence-corrected chi connectivity index (χ2v) is 6.75. The van der Waals surface area contributed by atoms with E-state index in [9.17, 15) is 8.42 Å². The number of nitrogens with two attached hydrogens (primary N) is 1. The SMILES string of the molecule is Cc1ccc(S(=O)(=O)Nc2ccc(N(C)C)cc2)cc1N. The van der Waals surface area contributed by atoms with Crippen molar-refractivity contribution in [3.05, 3.63) is 48.0 Å². The average molecular weight is 305 g/mol. The Kier molecular flexibility index (Phi) is 4.09. The molecule has 6 heteroatoms. The van der Waals surface area contributed by atoms with E-state index < -0.39 is 10.0 Å². The first kappa shape index (κ1) is 15.2. The van der Waals surface area contributed by atoms with Crippen molar-refractivity contribution in [3.8, 4) is 0 Å². The minimum atomic E-state index is -3.63. The van der Waals surface area contributed by atoms with Gasteiger partial charge in [0.05, 0.1) is 4.90 Å². The molecule has 2 aromatic carbocycles. The van der Waals surface area contributed by atoms with Gasteiger partial charge in [0, 0.05) is 31.2 Å². The summed E-state index contributed by atoms with van der Waals surface area (Å²) < 4.78 is 27.2. The van der Waals surface area contributed by atoms with Gasteiger partial charge in [-0.05, 0) is 48.9 Å². The number of rotatable bonds is 4. The zero-order chi connectivity index (χ0) is 15.6. The molecule has 0 spiro atoms. The maximum Gasteiger partial charge on any atom is 0.261 e. The summed E-state index contributed by atoms with van der Waals surface area (Å²) in [6.07, 6.45) is 0. The summed E-state index contributed by atoms with van der Waals surface area (Å²) in [4.78, 5) is 2.10. The second-order valence-electron chi connectivity index (χ2n) is 5.07. The van der Waals surface area contributed by atoms with Gasteiger partial charge < -0.3 is 10.6 Å². The molecule has 0 fully saturated rings. The molecule has 0 aliphatic carbocycles. The third-order valence-electron chi connectivity index (χ3n) is 3.20. The summed E-state index contributed by atoms with van der Waals surface area (Å²) in [6, 6.07) is 11.9. The Balaban J connectivity index is 2.26. The fourth-order valence-corrected chi connectivity index (χ4v) is 2.92. The van der Waals surface area contributed by atoms with Gasteiger partial charge in [0.25, 0.3) is 10.0 Å². The van der Waals surface area contributed by atoms with Gasteiger partial charge in [-0.15, -0.1) is 0 Å². The minimum absolute atomic E-state index is 0.155. The number of hydrogen-bond acceptors (Lipinski definition) is 4. The van der Waals surface area contributed by atoms with Crippen LogP contribution < -0.4 is 15.4 Å². The molecule has 0 radical (unpaired) electrons. The average Bonchev–Trinajstić information content (AvgIpc) is 2.42. The van der Waals surface area contributed by atoms with Crippen molar-refractivity contribution in [1.82, 2.24) is 0 Å². The fourth-order valence-electron chi connectivity index (χ4n) is 1.83. The van der Waals surface area contributed by atoms with Gasteiger partial charge in [0.15, 0.2) is 0 Å². The molecular formula is C15H19N3O2S. The smallest absolute Gasteiger partial charge is 0.261 e. The van der Waals surface area contributed by atoms with Crippen LogP contribution in [0.4, 0.5) is 17.1 Å². The van der Waals surface area contributed by atoms with Crippen LogP contribution in [0, 0.1) is 6.92 Å². The number of nitrogens with zero attached hydrogens (tertiary/aromatic N) is 1. The van der Waals surface area contributed by atoms with E-state index in [1.165, 1.54) is 6.07 Å². The van der Waals surface area contributed by atoms with Gasteiger partial charge in [-0.25, -0.2) is 8.42 Å². The van der Waals surface area contributed by atoms with E-state index in [2.05, 4.69) is 4.72 Å². The van der Waals surface area contributed by atoms with Crippen molar-refractivity contribution < 1.29 is 8.42 Å². The summed E-state index contributed by atoms with van der Waals surface area (Å²) in [5.41, 5.74) is 8.59.